The van der Waals surface area contributed by atoms with Crippen molar-refractivity contribution in [2.75, 3.05) is 19.5 Å². The number of hydrogen-bond acceptors (Lipinski definition) is 4. The van der Waals surface area contributed by atoms with Crippen molar-refractivity contribution in [3.8, 4) is 0 Å². The van der Waals surface area contributed by atoms with Crippen LogP contribution in [-0.4, -0.2) is 43.4 Å². The highest BCUT2D eigenvalue weighted by Gasteiger charge is 2.69. The van der Waals surface area contributed by atoms with E-state index >= 15 is 0 Å². The summed E-state index contributed by atoms with van der Waals surface area (Å²) in [5.74, 6) is -0.375. The summed E-state index contributed by atoms with van der Waals surface area (Å²) in [6, 6.07) is 6.82. The van der Waals surface area contributed by atoms with Crippen molar-refractivity contribution in [1.82, 2.24) is 0 Å². The minimum Gasteiger partial charge on any atom is -0.396 e. The summed E-state index contributed by atoms with van der Waals surface area (Å²) < 4.78 is 23.5. The number of halogens is 1. The number of benzene rings is 1. The van der Waals surface area contributed by atoms with E-state index in [1.54, 1.807) is 24.3 Å². The Kier molecular flexibility index (Phi) is 3.44. The van der Waals surface area contributed by atoms with Crippen LogP contribution >= 0.6 is 11.6 Å². The molecule has 1 fully saturated rings. The van der Waals surface area contributed by atoms with Crippen LogP contribution in [0, 0.1) is 5.41 Å². The highest BCUT2D eigenvalue weighted by Crippen LogP contribution is 2.62. The minimum atomic E-state index is -3.32. The van der Waals surface area contributed by atoms with E-state index in [0.29, 0.717) is 5.02 Å². The minimum absolute atomic E-state index is 0.353. The van der Waals surface area contributed by atoms with Crippen LogP contribution in [0.2, 0.25) is 5.02 Å². The molecule has 1 saturated carbocycles. The van der Waals surface area contributed by atoms with Gasteiger partial charge in [0, 0.05) is 22.6 Å². The summed E-state index contributed by atoms with van der Waals surface area (Å²) in [5.41, 5.74) is -0.195. The Morgan fingerprint density at radius 1 is 1.22 bits per heavy atom. The van der Waals surface area contributed by atoms with Crippen molar-refractivity contribution in [3.63, 3.8) is 0 Å². The fourth-order valence-electron chi connectivity index (χ4n) is 2.73. The first-order valence-corrected chi connectivity index (χ1v) is 7.86. The number of aliphatic hydroxyl groups excluding tert-OH is 2. The second-order valence-corrected chi connectivity index (χ2v) is 7.43. The molecule has 0 amide bonds. The average molecular weight is 291 g/mol. The van der Waals surface area contributed by atoms with Gasteiger partial charge in [-0.15, -0.1) is 0 Å². The molecule has 6 heteroatoms. The van der Waals surface area contributed by atoms with Crippen LogP contribution in [0.3, 0.4) is 0 Å². The maximum absolute atomic E-state index is 11.7. The summed E-state index contributed by atoms with van der Waals surface area (Å²) >= 11 is 5.78. The lowest BCUT2D eigenvalue weighted by Gasteiger charge is -2.10. The van der Waals surface area contributed by atoms with E-state index in [-0.39, 0.29) is 19.1 Å². The molecule has 1 aliphatic carbocycles. The molecule has 0 radical (unpaired) electrons. The molecule has 100 valence electrons. The molecule has 0 spiro atoms. The third kappa shape index (κ3) is 2.05. The topological polar surface area (TPSA) is 74.6 Å². The molecular weight excluding hydrogens is 276 g/mol. The number of aliphatic hydroxyl groups is 2. The average Bonchev–Trinajstić information content (AvgIpc) is 3.00. The molecule has 2 atom stereocenters. The molecular formula is C12H15ClO4S. The molecule has 18 heavy (non-hydrogen) atoms. The second kappa shape index (κ2) is 4.49. The number of hydrogen-bond donors (Lipinski definition) is 2. The van der Waals surface area contributed by atoms with Gasteiger partial charge in [0.1, 0.15) is 0 Å². The van der Waals surface area contributed by atoms with Crippen molar-refractivity contribution >= 4 is 21.4 Å². The maximum Gasteiger partial charge on any atom is 0.151 e. The summed E-state index contributed by atoms with van der Waals surface area (Å²) in [7, 11) is -3.32. The van der Waals surface area contributed by atoms with E-state index in [0.717, 1.165) is 11.8 Å². The molecule has 4 nitrogen and oxygen atoms in total. The Labute approximate surface area is 111 Å². The van der Waals surface area contributed by atoms with Crippen molar-refractivity contribution in [1.29, 1.82) is 0 Å². The highest BCUT2D eigenvalue weighted by molar-refractivity contribution is 7.91. The van der Waals surface area contributed by atoms with Gasteiger partial charge < -0.3 is 10.2 Å². The van der Waals surface area contributed by atoms with Gasteiger partial charge in [-0.05, 0) is 17.7 Å². The van der Waals surface area contributed by atoms with Crippen LogP contribution < -0.4 is 0 Å². The lowest BCUT2D eigenvalue weighted by molar-refractivity contribution is 0.130. The van der Waals surface area contributed by atoms with Crippen LogP contribution in [0.15, 0.2) is 24.3 Å². The number of rotatable bonds is 4. The van der Waals surface area contributed by atoms with E-state index < -0.39 is 20.5 Å². The summed E-state index contributed by atoms with van der Waals surface area (Å²) in [6.45, 7) is -0.705. The summed E-state index contributed by atoms with van der Waals surface area (Å²) in [5, 5.41) is 18.7. The van der Waals surface area contributed by atoms with E-state index in [1.807, 2.05) is 0 Å². The maximum atomic E-state index is 11.7. The summed E-state index contributed by atoms with van der Waals surface area (Å²) in [6.07, 6.45) is 1.13. The van der Waals surface area contributed by atoms with Crippen LogP contribution in [0.5, 0.6) is 0 Å². The first kappa shape index (κ1) is 13.8. The lowest BCUT2D eigenvalue weighted by Crippen LogP contribution is -2.22. The van der Waals surface area contributed by atoms with Gasteiger partial charge in [0.25, 0.3) is 0 Å². The SMILES string of the molecule is CS(=O)(=O)[C@@H]1[C@@H](c2ccc(Cl)cc2)C1(CO)CO. The van der Waals surface area contributed by atoms with E-state index in [4.69, 9.17) is 11.6 Å². The Bertz CT molecular complexity index is 534. The van der Waals surface area contributed by atoms with E-state index in [2.05, 4.69) is 0 Å². The molecule has 1 aromatic carbocycles. The zero-order valence-corrected chi connectivity index (χ0v) is 11.4. The smallest absolute Gasteiger partial charge is 0.151 e. The van der Waals surface area contributed by atoms with Crippen LogP contribution in [-0.2, 0) is 9.84 Å². The van der Waals surface area contributed by atoms with Gasteiger partial charge in [-0.25, -0.2) is 8.42 Å². The van der Waals surface area contributed by atoms with Crippen molar-refractivity contribution in [2.24, 2.45) is 5.41 Å². The molecule has 1 aromatic rings. The first-order chi connectivity index (χ1) is 8.36. The highest BCUT2D eigenvalue weighted by atomic mass is 35.5. The zero-order chi connectivity index (χ0) is 13.6. The Morgan fingerprint density at radius 2 is 1.72 bits per heavy atom. The largest absolute Gasteiger partial charge is 0.396 e. The Hall–Kier alpha value is -0.620. The standard InChI is InChI=1S/C12H15ClO4S/c1-18(16,17)11-10(12(11,6-14)7-15)8-2-4-9(13)5-3-8/h2-5,10-11,14-15H,6-7H2,1H3/t10-,11-/m1/s1. The zero-order valence-electron chi connectivity index (χ0n) is 9.88. The predicted octanol–water partition coefficient (Wildman–Crippen LogP) is 0.821. The van der Waals surface area contributed by atoms with E-state index in [1.165, 1.54) is 0 Å². The third-order valence-corrected chi connectivity index (χ3v) is 5.57. The lowest BCUT2D eigenvalue weighted by atomic mass is 10.0. The van der Waals surface area contributed by atoms with Gasteiger partial charge in [0.15, 0.2) is 9.84 Å². The van der Waals surface area contributed by atoms with Gasteiger partial charge in [-0.3, -0.25) is 0 Å². The fourth-order valence-corrected chi connectivity index (χ4v) is 4.85. The molecule has 2 N–H and O–H groups in total. The van der Waals surface area contributed by atoms with Crippen molar-refractivity contribution in [3.05, 3.63) is 34.9 Å². The molecule has 0 aromatic heterocycles. The molecule has 1 aliphatic rings. The van der Waals surface area contributed by atoms with Crippen LogP contribution in [0.1, 0.15) is 11.5 Å². The predicted molar refractivity (Wildman–Crippen MR) is 69.4 cm³/mol. The molecule has 0 saturated heterocycles. The third-order valence-electron chi connectivity index (χ3n) is 3.66. The van der Waals surface area contributed by atoms with Crippen molar-refractivity contribution in [2.45, 2.75) is 11.2 Å². The molecule has 0 bridgehead atoms. The molecule has 0 aliphatic heterocycles. The van der Waals surface area contributed by atoms with Gasteiger partial charge in [-0.2, -0.15) is 0 Å². The van der Waals surface area contributed by atoms with Gasteiger partial charge in [0.05, 0.1) is 18.5 Å². The second-order valence-electron chi connectivity index (χ2n) is 4.83. The monoisotopic (exact) mass is 290 g/mol. The normalized spacial score (nSPS) is 26.0. The summed E-state index contributed by atoms with van der Waals surface area (Å²) in [4.78, 5) is 0. The van der Waals surface area contributed by atoms with Crippen LogP contribution in [0.25, 0.3) is 0 Å². The Balaban J connectivity index is 2.41. The van der Waals surface area contributed by atoms with Gasteiger partial charge in [0.2, 0.25) is 0 Å². The fraction of sp³-hybridized carbons (Fsp3) is 0.500. The quantitative estimate of drug-likeness (QED) is 0.861. The van der Waals surface area contributed by atoms with Gasteiger partial charge >= 0.3 is 0 Å². The molecule has 2 rings (SSSR count). The number of sulfone groups is 1. The van der Waals surface area contributed by atoms with Crippen molar-refractivity contribution < 1.29 is 18.6 Å². The van der Waals surface area contributed by atoms with E-state index in [9.17, 15) is 18.6 Å². The molecule has 0 heterocycles. The Morgan fingerprint density at radius 3 is 2.06 bits per heavy atom. The first-order valence-electron chi connectivity index (χ1n) is 5.53. The van der Waals surface area contributed by atoms with Gasteiger partial charge in [-0.1, -0.05) is 23.7 Å². The molecule has 0 unspecified atom stereocenters. The van der Waals surface area contributed by atoms with Crippen LogP contribution in [0.4, 0.5) is 0 Å².